The third-order valence-electron chi connectivity index (χ3n) is 3.46. The minimum Gasteiger partial charge on any atom is -0.494 e. The molecule has 2 rings (SSSR count). The molecule has 0 saturated carbocycles. The molecule has 1 heterocycles. The zero-order valence-electron chi connectivity index (χ0n) is 11.1. The van der Waals surface area contributed by atoms with Crippen molar-refractivity contribution in [3.63, 3.8) is 0 Å². The van der Waals surface area contributed by atoms with Crippen molar-refractivity contribution < 1.29 is 13.9 Å². The molecule has 1 aliphatic heterocycles. The normalized spacial score (nSPS) is 25.1. The predicted octanol–water partition coefficient (Wildman–Crippen LogP) is 2.66. The molecular formula is C14H20FNO2. The fourth-order valence-corrected chi connectivity index (χ4v) is 2.34. The van der Waals surface area contributed by atoms with Gasteiger partial charge in [-0.1, -0.05) is 6.07 Å². The number of rotatable bonds is 4. The Bertz CT molecular complexity index is 416. The van der Waals surface area contributed by atoms with Gasteiger partial charge < -0.3 is 14.8 Å². The van der Waals surface area contributed by atoms with Gasteiger partial charge in [0.15, 0.2) is 11.6 Å². The van der Waals surface area contributed by atoms with Gasteiger partial charge in [-0.05, 0) is 38.0 Å². The smallest absolute Gasteiger partial charge is 0.165 e. The first kappa shape index (κ1) is 13.3. The summed E-state index contributed by atoms with van der Waals surface area (Å²) in [7, 11) is 1.47. The largest absolute Gasteiger partial charge is 0.494 e. The Kier molecular flexibility index (Phi) is 3.88. The number of ether oxygens (including phenoxy) is 2. The van der Waals surface area contributed by atoms with E-state index in [-0.39, 0.29) is 23.1 Å². The highest BCUT2D eigenvalue weighted by Crippen LogP contribution is 2.26. The molecule has 1 saturated heterocycles. The molecule has 3 nitrogen and oxygen atoms in total. The number of hydrogen-bond donors (Lipinski definition) is 1. The van der Waals surface area contributed by atoms with Crippen LogP contribution in [0.2, 0.25) is 0 Å². The van der Waals surface area contributed by atoms with Crippen LogP contribution in [0.4, 0.5) is 4.39 Å². The lowest BCUT2D eigenvalue weighted by Crippen LogP contribution is -2.44. The number of hydrogen-bond acceptors (Lipinski definition) is 3. The Morgan fingerprint density at radius 2 is 2.28 bits per heavy atom. The summed E-state index contributed by atoms with van der Waals surface area (Å²) >= 11 is 0. The third-order valence-corrected chi connectivity index (χ3v) is 3.46. The van der Waals surface area contributed by atoms with Crippen molar-refractivity contribution in [2.24, 2.45) is 0 Å². The van der Waals surface area contributed by atoms with Crippen LogP contribution in [0, 0.1) is 5.82 Å². The summed E-state index contributed by atoms with van der Waals surface area (Å²) in [5.74, 6) is -0.0437. The van der Waals surface area contributed by atoms with Gasteiger partial charge in [0.1, 0.15) is 0 Å². The van der Waals surface area contributed by atoms with Crippen LogP contribution in [-0.4, -0.2) is 25.9 Å². The average molecular weight is 253 g/mol. The van der Waals surface area contributed by atoms with Crippen molar-refractivity contribution in [2.45, 2.75) is 31.8 Å². The molecule has 0 bridgehead atoms. The number of methoxy groups -OCH3 is 1. The molecule has 0 radical (unpaired) electrons. The van der Waals surface area contributed by atoms with Crippen molar-refractivity contribution in [2.75, 3.05) is 20.3 Å². The number of halogens is 1. The molecule has 100 valence electrons. The van der Waals surface area contributed by atoms with Gasteiger partial charge in [0.25, 0.3) is 0 Å². The molecule has 4 heteroatoms. The highest BCUT2D eigenvalue weighted by atomic mass is 19.1. The van der Waals surface area contributed by atoms with Gasteiger partial charge in [-0.3, -0.25) is 0 Å². The maximum Gasteiger partial charge on any atom is 0.165 e. The summed E-state index contributed by atoms with van der Waals surface area (Å²) in [6, 6.07) is 5.15. The first-order chi connectivity index (χ1) is 8.54. The summed E-state index contributed by atoms with van der Waals surface area (Å²) in [5, 5.41) is 3.50. The Morgan fingerprint density at radius 3 is 2.83 bits per heavy atom. The lowest BCUT2D eigenvalue weighted by atomic mass is 9.98. The highest BCUT2D eigenvalue weighted by molar-refractivity contribution is 5.31. The van der Waals surface area contributed by atoms with E-state index in [9.17, 15) is 4.39 Å². The monoisotopic (exact) mass is 253 g/mol. The molecule has 0 unspecified atom stereocenters. The summed E-state index contributed by atoms with van der Waals surface area (Å²) < 4.78 is 24.0. The molecule has 1 aliphatic rings. The number of nitrogens with one attached hydrogen (secondary N) is 1. The molecule has 0 amide bonds. The lowest BCUT2D eigenvalue weighted by molar-refractivity contribution is 0.167. The van der Waals surface area contributed by atoms with E-state index in [4.69, 9.17) is 9.47 Å². The zero-order chi connectivity index (χ0) is 13.2. The summed E-state index contributed by atoms with van der Waals surface area (Å²) in [4.78, 5) is 0. The van der Waals surface area contributed by atoms with E-state index in [0.29, 0.717) is 6.61 Å². The lowest BCUT2D eigenvalue weighted by Gasteiger charge is -2.28. The molecule has 18 heavy (non-hydrogen) atoms. The molecule has 2 atom stereocenters. The zero-order valence-corrected chi connectivity index (χ0v) is 11.1. The van der Waals surface area contributed by atoms with E-state index in [1.165, 1.54) is 13.2 Å². The molecule has 1 aromatic rings. The van der Waals surface area contributed by atoms with Gasteiger partial charge in [0.05, 0.1) is 13.7 Å². The standard InChI is InChI=1S/C14H20FNO2/c1-10(16-14(2)6-7-18-9-14)11-4-5-13(17-3)12(15)8-11/h4-5,8,10,16H,6-7,9H2,1-3H3/t10-,14+/m0/s1. The van der Waals surface area contributed by atoms with Gasteiger partial charge in [-0.2, -0.15) is 0 Å². The van der Waals surface area contributed by atoms with E-state index in [1.807, 2.05) is 13.0 Å². The summed E-state index contributed by atoms with van der Waals surface area (Å²) in [5.41, 5.74) is 0.900. The minimum absolute atomic E-state index is 0.0180. The second kappa shape index (κ2) is 5.24. The van der Waals surface area contributed by atoms with Gasteiger partial charge in [-0.25, -0.2) is 4.39 Å². The first-order valence-electron chi connectivity index (χ1n) is 6.23. The van der Waals surface area contributed by atoms with Crippen molar-refractivity contribution >= 4 is 0 Å². The van der Waals surface area contributed by atoms with Crippen LogP contribution in [0.15, 0.2) is 18.2 Å². The molecular weight excluding hydrogens is 233 g/mol. The summed E-state index contributed by atoms with van der Waals surface area (Å²) in [6.07, 6.45) is 0.982. The minimum atomic E-state index is -0.323. The first-order valence-corrected chi connectivity index (χ1v) is 6.23. The quantitative estimate of drug-likeness (QED) is 0.895. The molecule has 1 aromatic carbocycles. The third kappa shape index (κ3) is 2.82. The van der Waals surface area contributed by atoms with Crippen LogP contribution >= 0.6 is 0 Å². The Labute approximate surface area is 107 Å². The second-order valence-electron chi connectivity index (χ2n) is 5.12. The van der Waals surface area contributed by atoms with Crippen LogP contribution < -0.4 is 10.1 Å². The maximum absolute atomic E-state index is 13.6. The SMILES string of the molecule is COc1ccc([C@H](C)N[C@]2(C)CCOC2)cc1F. The van der Waals surface area contributed by atoms with Gasteiger partial charge in [0, 0.05) is 18.2 Å². The topological polar surface area (TPSA) is 30.5 Å². The molecule has 1 fully saturated rings. The maximum atomic E-state index is 13.6. The number of benzene rings is 1. The molecule has 1 N–H and O–H groups in total. The van der Waals surface area contributed by atoms with Crippen molar-refractivity contribution in [1.29, 1.82) is 0 Å². The summed E-state index contributed by atoms with van der Waals surface area (Å²) in [6.45, 7) is 5.66. The fourth-order valence-electron chi connectivity index (χ4n) is 2.34. The molecule has 0 spiro atoms. The average Bonchev–Trinajstić information content (AvgIpc) is 2.75. The van der Waals surface area contributed by atoms with E-state index >= 15 is 0 Å². The van der Waals surface area contributed by atoms with E-state index in [0.717, 1.165) is 18.6 Å². The van der Waals surface area contributed by atoms with E-state index in [2.05, 4.69) is 12.2 Å². The Morgan fingerprint density at radius 1 is 1.50 bits per heavy atom. The van der Waals surface area contributed by atoms with Crippen LogP contribution in [0.3, 0.4) is 0 Å². The van der Waals surface area contributed by atoms with Crippen molar-refractivity contribution in [1.82, 2.24) is 5.32 Å². The van der Waals surface area contributed by atoms with Crippen LogP contribution in [0.5, 0.6) is 5.75 Å². The van der Waals surface area contributed by atoms with Crippen molar-refractivity contribution in [3.8, 4) is 5.75 Å². The van der Waals surface area contributed by atoms with Gasteiger partial charge in [0.2, 0.25) is 0 Å². The van der Waals surface area contributed by atoms with E-state index < -0.39 is 0 Å². The fraction of sp³-hybridized carbons (Fsp3) is 0.571. The Hall–Kier alpha value is -1.13. The van der Waals surface area contributed by atoms with Crippen molar-refractivity contribution in [3.05, 3.63) is 29.6 Å². The van der Waals surface area contributed by atoms with Crippen LogP contribution in [0.25, 0.3) is 0 Å². The molecule has 0 aromatic heterocycles. The Balaban J connectivity index is 2.08. The highest BCUT2D eigenvalue weighted by Gasteiger charge is 2.31. The van der Waals surface area contributed by atoms with Gasteiger partial charge in [-0.15, -0.1) is 0 Å². The predicted molar refractivity (Wildman–Crippen MR) is 68.3 cm³/mol. The van der Waals surface area contributed by atoms with Crippen LogP contribution in [0.1, 0.15) is 31.9 Å². The van der Waals surface area contributed by atoms with Gasteiger partial charge >= 0.3 is 0 Å². The second-order valence-corrected chi connectivity index (χ2v) is 5.12. The molecule has 0 aliphatic carbocycles. The van der Waals surface area contributed by atoms with Crippen LogP contribution in [-0.2, 0) is 4.74 Å². The van der Waals surface area contributed by atoms with E-state index in [1.54, 1.807) is 6.07 Å².